The summed E-state index contributed by atoms with van der Waals surface area (Å²) in [6, 6.07) is 9.68. The molecule has 0 radical (unpaired) electrons. The Balaban J connectivity index is 1.54. The summed E-state index contributed by atoms with van der Waals surface area (Å²) in [7, 11) is 3.06. The number of nitrogens with zero attached hydrogens (tertiary/aromatic N) is 2. The van der Waals surface area contributed by atoms with Gasteiger partial charge in [-0.3, -0.25) is 14.9 Å². The highest BCUT2D eigenvalue weighted by atomic mass is 35.5. The fraction of sp³-hybridized carbons (Fsp3) is 0.158. The number of rotatable bonds is 8. The number of aromatic nitrogens is 2. The van der Waals surface area contributed by atoms with E-state index in [4.69, 9.17) is 32.7 Å². The molecule has 162 valence electrons. The Labute approximate surface area is 196 Å². The highest BCUT2D eigenvalue weighted by molar-refractivity contribution is 8.01. The molecule has 2 amide bonds. The number of amides is 2. The predicted molar refractivity (Wildman–Crippen MR) is 123 cm³/mol. The molecule has 8 nitrogen and oxygen atoms in total. The maximum absolute atomic E-state index is 12.4. The van der Waals surface area contributed by atoms with Crippen LogP contribution in [0.2, 0.25) is 10.0 Å². The fourth-order valence-electron chi connectivity index (χ4n) is 2.39. The van der Waals surface area contributed by atoms with Crippen molar-refractivity contribution in [3.05, 3.63) is 52.0 Å². The van der Waals surface area contributed by atoms with Crippen molar-refractivity contribution < 1.29 is 19.1 Å². The van der Waals surface area contributed by atoms with Gasteiger partial charge in [0.2, 0.25) is 11.0 Å². The fourth-order valence-corrected chi connectivity index (χ4v) is 4.32. The van der Waals surface area contributed by atoms with Crippen molar-refractivity contribution in [1.29, 1.82) is 0 Å². The predicted octanol–water partition coefficient (Wildman–Crippen LogP) is 4.85. The van der Waals surface area contributed by atoms with Crippen LogP contribution in [0.4, 0.5) is 10.8 Å². The number of methoxy groups -OCH3 is 2. The molecule has 1 aromatic heterocycles. The number of thioether (sulfide) groups is 1. The van der Waals surface area contributed by atoms with Gasteiger partial charge >= 0.3 is 0 Å². The van der Waals surface area contributed by atoms with Gasteiger partial charge in [0.1, 0.15) is 0 Å². The van der Waals surface area contributed by atoms with Crippen LogP contribution in [-0.2, 0) is 4.79 Å². The zero-order valence-electron chi connectivity index (χ0n) is 16.3. The number of anilines is 2. The lowest BCUT2D eigenvalue weighted by atomic mass is 10.2. The number of ether oxygens (including phenoxy) is 2. The number of hydrogen-bond acceptors (Lipinski definition) is 8. The lowest BCUT2D eigenvalue weighted by molar-refractivity contribution is -0.113. The van der Waals surface area contributed by atoms with Crippen LogP contribution in [0.5, 0.6) is 11.5 Å². The number of nitrogens with one attached hydrogen (secondary N) is 2. The van der Waals surface area contributed by atoms with Gasteiger partial charge in [-0.1, -0.05) is 46.3 Å². The van der Waals surface area contributed by atoms with Crippen LogP contribution in [-0.4, -0.2) is 42.0 Å². The highest BCUT2D eigenvalue weighted by Crippen LogP contribution is 2.30. The van der Waals surface area contributed by atoms with E-state index >= 15 is 0 Å². The summed E-state index contributed by atoms with van der Waals surface area (Å²) in [4.78, 5) is 24.6. The molecule has 0 bridgehead atoms. The van der Waals surface area contributed by atoms with Crippen LogP contribution >= 0.6 is 46.3 Å². The van der Waals surface area contributed by atoms with Crippen molar-refractivity contribution in [3.8, 4) is 11.5 Å². The van der Waals surface area contributed by atoms with E-state index in [1.807, 2.05) is 0 Å². The van der Waals surface area contributed by atoms with E-state index in [-0.39, 0.29) is 27.4 Å². The molecule has 0 unspecified atom stereocenters. The molecule has 0 atom stereocenters. The van der Waals surface area contributed by atoms with Crippen LogP contribution in [0.1, 0.15) is 10.4 Å². The third-order valence-corrected chi connectivity index (χ3v) is 6.33. The SMILES string of the molecule is COc1ccc(NC(=O)CSc2nnc(NC(=O)c3cc(Cl)ccc3Cl)s2)cc1OC. The second-order valence-corrected chi connectivity index (χ2v) is 8.90. The molecule has 0 aliphatic rings. The van der Waals surface area contributed by atoms with E-state index < -0.39 is 5.91 Å². The highest BCUT2D eigenvalue weighted by Gasteiger charge is 2.15. The normalized spacial score (nSPS) is 10.5. The topological polar surface area (TPSA) is 102 Å². The Morgan fingerprint density at radius 1 is 1.03 bits per heavy atom. The first-order chi connectivity index (χ1) is 14.9. The van der Waals surface area contributed by atoms with Gasteiger partial charge < -0.3 is 14.8 Å². The lowest BCUT2D eigenvalue weighted by Crippen LogP contribution is -2.14. The summed E-state index contributed by atoms with van der Waals surface area (Å²) in [6.07, 6.45) is 0. The molecular formula is C19H16Cl2N4O4S2. The number of carbonyl (C=O) groups excluding carboxylic acids is 2. The maximum Gasteiger partial charge on any atom is 0.259 e. The smallest absolute Gasteiger partial charge is 0.259 e. The van der Waals surface area contributed by atoms with Crippen LogP contribution in [0.3, 0.4) is 0 Å². The largest absolute Gasteiger partial charge is 0.493 e. The summed E-state index contributed by atoms with van der Waals surface area (Å²) in [5.41, 5.74) is 0.805. The van der Waals surface area contributed by atoms with Crippen LogP contribution < -0.4 is 20.1 Å². The molecule has 31 heavy (non-hydrogen) atoms. The van der Waals surface area contributed by atoms with Crippen molar-refractivity contribution >= 4 is 68.9 Å². The first-order valence-corrected chi connectivity index (χ1v) is 11.2. The molecule has 0 aliphatic carbocycles. The van der Waals surface area contributed by atoms with E-state index in [1.165, 1.54) is 38.1 Å². The zero-order chi connectivity index (χ0) is 22.4. The van der Waals surface area contributed by atoms with E-state index in [1.54, 1.807) is 24.3 Å². The zero-order valence-corrected chi connectivity index (χ0v) is 19.4. The molecule has 0 fully saturated rings. The molecule has 0 spiro atoms. The van der Waals surface area contributed by atoms with Crippen molar-refractivity contribution in [2.75, 3.05) is 30.6 Å². The molecule has 3 rings (SSSR count). The molecule has 2 N–H and O–H groups in total. The monoisotopic (exact) mass is 498 g/mol. The summed E-state index contributed by atoms with van der Waals surface area (Å²) in [5.74, 6) is 0.501. The third kappa shape index (κ3) is 6.23. The van der Waals surface area contributed by atoms with E-state index in [2.05, 4.69) is 20.8 Å². The minimum absolute atomic E-state index is 0.108. The van der Waals surface area contributed by atoms with Gasteiger partial charge in [-0.2, -0.15) is 0 Å². The van der Waals surface area contributed by atoms with Gasteiger partial charge in [0, 0.05) is 16.8 Å². The van der Waals surface area contributed by atoms with Gasteiger partial charge in [-0.05, 0) is 30.3 Å². The molecular weight excluding hydrogens is 483 g/mol. The molecule has 12 heteroatoms. The lowest BCUT2D eigenvalue weighted by Gasteiger charge is -2.10. The van der Waals surface area contributed by atoms with Gasteiger partial charge in [-0.25, -0.2) is 0 Å². The number of halogens is 2. The Kier molecular flexibility index (Phi) is 7.97. The average molecular weight is 499 g/mol. The minimum Gasteiger partial charge on any atom is -0.493 e. The first kappa shape index (κ1) is 23.1. The van der Waals surface area contributed by atoms with E-state index in [9.17, 15) is 9.59 Å². The van der Waals surface area contributed by atoms with Crippen LogP contribution in [0, 0.1) is 0 Å². The molecule has 3 aromatic rings. The standard InChI is InChI=1S/C19H16Cl2N4O4S2/c1-28-14-6-4-11(8-15(14)29-2)22-16(26)9-30-19-25-24-18(31-19)23-17(27)12-7-10(20)3-5-13(12)21/h3-8H,9H2,1-2H3,(H,22,26)(H,23,24,27). The van der Waals surface area contributed by atoms with Gasteiger partial charge in [-0.15, -0.1) is 10.2 Å². The third-order valence-electron chi connectivity index (χ3n) is 3.79. The number of benzene rings is 2. The number of hydrogen-bond donors (Lipinski definition) is 2. The molecule has 0 saturated carbocycles. The minimum atomic E-state index is -0.452. The number of carbonyl (C=O) groups is 2. The van der Waals surface area contributed by atoms with Crippen LogP contribution in [0.15, 0.2) is 40.7 Å². The van der Waals surface area contributed by atoms with Gasteiger partial charge in [0.15, 0.2) is 15.8 Å². The quantitative estimate of drug-likeness (QED) is 0.338. The summed E-state index contributed by atoms with van der Waals surface area (Å²) in [5, 5.41) is 14.2. The average Bonchev–Trinajstić information content (AvgIpc) is 3.21. The summed E-state index contributed by atoms with van der Waals surface area (Å²) >= 11 is 14.3. The summed E-state index contributed by atoms with van der Waals surface area (Å²) in [6.45, 7) is 0. The van der Waals surface area contributed by atoms with Crippen molar-refractivity contribution in [1.82, 2.24) is 10.2 Å². The molecule has 2 aromatic carbocycles. The van der Waals surface area contributed by atoms with Gasteiger partial charge in [0.25, 0.3) is 5.91 Å². The van der Waals surface area contributed by atoms with Gasteiger partial charge in [0.05, 0.1) is 30.6 Å². The first-order valence-electron chi connectivity index (χ1n) is 8.64. The van der Waals surface area contributed by atoms with Crippen molar-refractivity contribution in [2.24, 2.45) is 0 Å². The second-order valence-electron chi connectivity index (χ2n) is 5.86. The second kappa shape index (κ2) is 10.7. The molecule has 1 heterocycles. The van der Waals surface area contributed by atoms with Crippen molar-refractivity contribution in [3.63, 3.8) is 0 Å². The Hall–Kier alpha value is -2.53. The molecule has 0 aliphatic heterocycles. The van der Waals surface area contributed by atoms with Crippen molar-refractivity contribution in [2.45, 2.75) is 4.34 Å². The van der Waals surface area contributed by atoms with Crippen LogP contribution in [0.25, 0.3) is 0 Å². The van der Waals surface area contributed by atoms with E-state index in [0.717, 1.165) is 11.3 Å². The maximum atomic E-state index is 12.4. The Morgan fingerprint density at radius 2 is 1.81 bits per heavy atom. The Bertz CT molecular complexity index is 1110. The van der Waals surface area contributed by atoms with E-state index in [0.29, 0.717) is 26.5 Å². The molecule has 0 saturated heterocycles. The Morgan fingerprint density at radius 3 is 2.55 bits per heavy atom. The summed E-state index contributed by atoms with van der Waals surface area (Å²) < 4.78 is 10.9.